The van der Waals surface area contributed by atoms with Crippen LogP contribution >= 0.6 is 0 Å². The number of ketones is 3. The third-order valence-corrected chi connectivity index (χ3v) is 13.4. The summed E-state index contributed by atoms with van der Waals surface area (Å²) < 4.78 is 16.7. The van der Waals surface area contributed by atoms with Gasteiger partial charge in [-0.2, -0.15) is 0 Å². The molecule has 3 saturated carbocycles. The van der Waals surface area contributed by atoms with E-state index in [4.69, 9.17) is 14.2 Å². The van der Waals surface area contributed by atoms with Crippen molar-refractivity contribution in [2.75, 3.05) is 6.61 Å². The van der Waals surface area contributed by atoms with Gasteiger partial charge in [0.2, 0.25) is 12.1 Å². The Bertz CT molecular complexity index is 1590. The van der Waals surface area contributed by atoms with Crippen LogP contribution in [0.4, 0.5) is 0 Å². The maximum Gasteiger partial charge on any atom is 0.303 e. The molecular weight excluding hydrogens is 652 g/mol. The lowest BCUT2D eigenvalue weighted by Crippen LogP contribution is -2.73. The molecule has 50 heavy (non-hydrogen) atoms. The fraction of sp³-hybridized carbons (Fsp3) is 0.730. The third kappa shape index (κ3) is 4.91. The van der Waals surface area contributed by atoms with Crippen LogP contribution in [0, 0.1) is 39.4 Å². The Kier molecular flexibility index (Phi) is 8.59. The monoisotopic (exact) mass is 702 g/mol. The van der Waals surface area contributed by atoms with Crippen molar-refractivity contribution < 1.29 is 64.0 Å². The molecular formula is C37H50O13. The van der Waals surface area contributed by atoms with Crippen molar-refractivity contribution in [3.05, 3.63) is 35.6 Å². The molecule has 0 bridgehead atoms. The van der Waals surface area contributed by atoms with Crippen LogP contribution in [0.15, 0.2) is 35.6 Å². The Balaban J connectivity index is 1.34. The maximum atomic E-state index is 14.7. The van der Waals surface area contributed by atoms with Crippen LogP contribution in [-0.2, 0) is 33.4 Å². The molecule has 6 rings (SSSR count). The Morgan fingerprint density at radius 1 is 1.06 bits per heavy atom. The molecule has 1 heterocycles. The van der Waals surface area contributed by atoms with Crippen molar-refractivity contribution in [3.8, 4) is 0 Å². The fourth-order valence-electron chi connectivity index (χ4n) is 10.8. The number of aliphatic hydroxyl groups excluding tert-OH is 5. The normalized spacial score (nSPS) is 46.5. The van der Waals surface area contributed by atoms with E-state index in [1.165, 1.54) is 19.1 Å². The highest BCUT2D eigenvalue weighted by atomic mass is 16.7. The summed E-state index contributed by atoms with van der Waals surface area (Å²) in [5.41, 5.74) is -6.10. The Hall–Kier alpha value is -2.78. The van der Waals surface area contributed by atoms with E-state index >= 15 is 0 Å². The van der Waals surface area contributed by atoms with Gasteiger partial charge in [-0.05, 0) is 81.9 Å². The molecule has 0 aromatic rings. The molecule has 1 aliphatic heterocycles. The summed E-state index contributed by atoms with van der Waals surface area (Å²) >= 11 is 0. The maximum absolute atomic E-state index is 14.7. The first-order valence-corrected chi connectivity index (χ1v) is 17.3. The minimum Gasteiger partial charge on any atom is -0.459 e. The van der Waals surface area contributed by atoms with Crippen molar-refractivity contribution in [2.24, 2.45) is 39.4 Å². The molecule has 13 nitrogen and oxygen atoms in total. The van der Waals surface area contributed by atoms with Crippen LogP contribution in [0.3, 0.4) is 0 Å². The second-order valence-corrected chi connectivity index (χ2v) is 16.9. The molecule has 6 aliphatic rings. The zero-order valence-electron chi connectivity index (χ0n) is 29.6. The molecule has 5 aliphatic carbocycles. The SMILES string of the molecule is CC(=O)OC(C)(C)/C=C/C(=O)[C@@]1(O)C[C@]23CC(=O)[C@@]4(C)[C@@H]5C=C(OC6OC(CO)C(O)C(O)C6O)C(=O)C(C)(C)C5=CC[C@H]4[C@]2(C)C[C@@H](O)[C@@H]31. The third-order valence-electron chi connectivity index (χ3n) is 13.4. The lowest BCUT2D eigenvalue weighted by atomic mass is 9.33. The van der Waals surface area contributed by atoms with Gasteiger partial charge in [-0.15, -0.1) is 0 Å². The van der Waals surface area contributed by atoms with Crippen LogP contribution < -0.4 is 0 Å². The number of ether oxygens (including phenoxy) is 3. The first kappa shape index (κ1) is 37.0. The summed E-state index contributed by atoms with van der Waals surface area (Å²) in [6, 6.07) is 0. The van der Waals surface area contributed by atoms with Crippen molar-refractivity contribution in [3.63, 3.8) is 0 Å². The molecule has 0 radical (unpaired) electrons. The predicted octanol–water partition coefficient (Wildman–Crippen LogP) is 0.813. The van der Waals surface area contributed by atoms with E-state index in [0.29, 0.717) is 6.42 Å². The number of fused-ring (bicyclic) bond motifs is 4. The van der Waals surface area contributed by atoms with E-state index in [0.717, 1.165) is 5.57 Å². The molecule has 0 amide bonds. The van der Waals surface area contributed by atoms with Crippen molar-refractivity contribution in [1.82, 2.24) is 0 Å². The molecule has 5 unspecified atom stereocenters. The minimum atomic E-state index is -1.92. The van der Waals surface area contributed by atoms with Gasteiger partial charge in [-0.25, -0.2) is 0 Å². The number of carbonyl (C=O) groups is 4. The van der Waals surface area contributed by atoms with E-state index in [1.807, 2.05) is 19.9 Å². The number of aliphatic hydroxyl groups is 6. The number of rotatable bonds is 7. The summed E-state index contributed by atoms with van der Waals surface area (Å²) in [6.45, 7) is 11.1. The van der Waals surface area contributed by atoms with Crippen molar-refractivity contribution >= 4 is 23.3 Å². The lowest BCUT2D eigenvalue weighted by molar-refractivity contribution is -0.291. The van der Waals surface area contributed by atoms with Gasteiger partial charge >= 0.3 is 5.97 Å². The molecule has 276 valence electrons. The van der Waals surface area contributed by atoms with E-state index in [2.05, 4.69) is 0 Å². The summed E-state index contributed by atoms with van der Waals surface area (Å²) in [7, 11) is 0. The number of allylic oxidation sites excluding steroid dienone is 4. The molecule has 0 aromatic heterocycles. The first-order valence-electron chi connectivity index (χ1n) is 17.3. The Morgan fingerprint density at radius 2 is 1.72 bits per heavy atom. The molecule has 13 atom stereocenters. The van der Waals surface area contributed by atoms with Crippen molar-refractivity contribution in [1.29, 1.82) is 0 Å². The van der Waals surface area contributed by atoms with Gasteiger partial charge in [0, 0.05) is 30.6 Å². The van der Waals surface area contributed by atoms with Crippen LogP contribution in [0.2, 0.25) is 0 Å². The smallest absolute Gasteiger partial charge is 0.303 e. The standard InChI is InChI=1S/C37H50O13/c1-17(39)50-32(2,3)11-10-24(41)37(47)16-36-14-25(42)35(7)19-12-21(48-31-28(45)27(44)26(43)22(15-38)49-31)30(46)33(4,5)18(19)8-9-23(35)34(36,6)13-20(40)29(36)37/h8,10-12,19-20,22-23,26-29,31,38,40,43-45,47H,9,13-16H2,1-7H3/b11-10+/t19-,20-,22?,23+,26?,27?,28?,29+,31?,34+,35+,36+,37+/m1/s1. The average Bonchev–Trinajstić information content (AvgIpc) is 3.19. The summed E-state index contributed by atoms with van der Waals surface area (Å²) in [6.07, 6.45) is -2.26. The molecule has 1 spiro atoms. The number of hydrogen-bond donors (Lipinski definition) is 6. The highest BCUT2D eigenvalue weighted by Gasteiger charge is 2.82. The van der Waals surface area contributed by atoms with Crippen molar-refractivity contribution in [2.45, 2.75) is 122 Å². The number of carbonyl (C=O) groups excluding carboxylic acids is 4. The van der Waals surface area contributed by atoms with Crippen LogP contribution in [0.1, 0.15) is 74.1 Å². The minimum absolute atomic E-state index is 0.00856. The largest absolute Gasteiger partial charge is 0.459 e. The first-order chi connectivity index (χ1) is 23.0. The van der Waals surface area contributed by atoms with Crippen LogP contribution in [-0.4, -0.2) is 109 Å². The van der Waals surface area contributed by atoms with E-state index in [1.54, 1.807) is 33.8 Å². The van der Waals surface area contributed by atoms with E-state index in [9.17, 15) is 49.8 Å². The highest BCUT2D eigenvalue weighted by Crippen LogP contribution is 2.80. The van der Waals surface area contributed by atoms with Crippen LogP contribution in [0.25, 0.3) is 0 Å². The zero-order valence-corrected chi connectivity index (χ0v) is 29.6. The molecule has 4 fully saturated rings. The number of hydrogen-bond acceptors (Lipinski definition) is 13. The molecule has 6 N–H and O–H groups in total. The van der Waals surface area contributed by atoms with E-state index in [-0.39, 0.29) is 36.7 Å². The lowest BCUT2D eigenvalue weighted by Gasteiger charge is -2.69. The number of Topliss-reactive ketones (excluding diaryl/α,β-unsaturated/α-hetero) is 2. The summed E-state index contributed by atoms with van der Waals surface area (Å²) in [5, 5.41) is 64.3. The molecule has 0 aromatic carbocycles. The fourth-order valence-corrected chi connectivity index (χ4v) is 10.8. The van der Waals surface area contributed by atoms with Gasteiger partial charge in [0.25, 0.3) is 0 Å². The average molecular weight is 703 g/mol. The molecule has 1 saturated heterocycles. The van der Waals surface area contributed by atoms with Gasteiger partial charge in [-0.3, -0.25) is 19.2 Å². The second kappa shape index (κ2) is 11.6. The highest BCUT2D eigenvalue weighted by molar-refractivity contribution is 6.03. The quantitative estimate of drug-likeness (QED) is 0.123. The summed E-state index contributed by atoms with van der Waals surface area (Å²) in [4.78, 5) is 53.6. The van der Waals surface area contributed by atoms with Gasteiger partial charge in [-0.1, -0.05) is 25.5 Å². The van der Waals surface area contributed by atoms with Gasteiger partial charge in [0.05, 0.1) is 18.1 Å². The topological polar surface area (TPSA) is 217 Å². The van der Waals surface area contributed by atoms with Gasteiger partial charge in [0.15, 0.2) is 11.5 Å². The summed E-state index contributed by atoms with van der Waals surface area (Å²) in [5.74, 6) is -3.82. The second-order valence-electron chi connectivity index (χ2n) is 16.9. The van der Waals surface area contributed by atoms with Gasteiger partial charge in [0.1, 0.15) is 41.4 Å². The number of esters is 1. The van der Waals surface area contributed by atoms with Gasteiger partial charge < -0.3 is 44.8 Å². The van der Waals surface area contributed by atoms with E-state index < -0.39 is 106 Å². The van der Waals surface area contributed by atoms with Crippen LogP contribution in [0.5, 0.6) is 0 Å². The predicted molar refractivity (Wildman–Crippen MR) is 173 cm³/mol. The Morgan fingerprint density at radius 3 is 2.34 bits per heavy atom. The Labute approximate surface area is 291 Å². The molecule has 13 heteroatoms. The zero-order chi connectivity index (χ0) is 37.1.